The van der Waals surface area contributed by atoms with E-state index in [1.54, 1.807) is 12.1 Å². The monoisotopic (exact) mass is 392 g/mol. The highest BCUT2D eigenvalue weighted by Crippen LogP contribution is 2.28. The number of carbonyl (C=O) groups excluding carboxylic acids is 3. The number of benzene rings is 1. The van der Waals surface area contributed by atoms with Gasteiger partial charge in [0.2, 0.25) is 0 Å². The highest BCUT2D eigenvalue weighted by Gasteiger charge is 2.34. The molecule has 2 atom stereocenters. The van der Waals surface area contributed by atoms with Crippen LogP contribution in [0.1, 0.15) is 16.8 Å². The molecular weight excluding hydrogens is 372 g/mol. The predicted molar refractivity (Wildman–Crippen MR) is 95.6 cm³/mol. The number of nitrogens with zero attached hydrogens (tertiary/aromatic N) is 2. The number of hydrogen-bond acceptors (Lipinski definition) is 6. The maximum absolute atomic E-state index is 12.5. The predicted octanol–water partition coefficient (Wildman–Crippen LogP) is -0.594. The third kappa shape index (κ3) is 6.69. The van der Waals surface area contributed by atoms with E-state index in [-0.39, 0.29) is 5.91 Å². The summed E-state index contributed by atoms with van der Waals surface area (Å²) in [5.74, 6) is -1.68. The Hall–Kier alpha value is -2.38. The zero-order chi connectivity index (χ0) is 20.0. The fraction of sp³-hybridized carbons (Fsp3) is 0.421. The lowest BCUT2D eigenvalue weighted by atomic mass is 9.84. The first-order valence-corrected chi connectivity index (χ1v) is 8.95. The van der Waals surface area contributed by atoms with E-state index in [4.69, 9.17) is 11.6 Å². The second kappa shape index (κ2) is 9.53. The Morgan fingerprint density at radius 1 is 0.963 bits per heavy atom. The molecule has 0 aliphatic carbocycles. The molecule has 2 heterocycles. The van der Waals surface area contributed by atoms with E-state index < -0.39 is 11.9 Å². The molecule has 2 saturated heterocycles. The van der Waals surface area contributed by atoms with Crippen LogP contribution >= 0.6 is 11.6 Å². The van der Waals surface area contributed by atoms with Gasteiger partial charge in [-0.05, 0) is 61.7 Å². The first-order valence-electron chi connectivity index (χ1n) is 8.58. The van der Waals surface area contributed by atoms with Gasteiger partial charge in [-0.1, -0.05) is 11.6 Å². The van der Waals surface area contributed by atoms with Crippen LogP contribution in [0.15, 0.2) is 36.4 Å². The zero-order valence-electron chi connectivity index (χ0n) is 15.0. The molecular formula is C19H21ClN2O5-2. The molecule has 146 valence electrons. The lowest BCUT2D eigenvalue weighted by molar-refractivity contribution is -0.301. The second-order valence-electron chi connectivity index (χ2n) is 6.88. The van der Waals surface area contributed by atoms with Crippen LogP contribution in [-0.4, -0.2) is 60.9 Å². The fourth-order valence-corrected chi connectivity index (χ4v) is 3.74. The van der Waals surface area contributed by atoms with Crippen LogP contribution in [0.25, 0.3) is 0 Å². The summed E-state index contributed by atoms with van der Waals surface area (Å²) in [7, 11) is 2.18. The number of aliphatic carboxylic acids is 2. The smallest absolute Gasteiger partial charge is 0.253 e. The molecule has 0 aromatic heterocycles. The van der Waals surface area contributed by atoms with E-state index >= 15 is 0 Å². The van der Waals surface area contributed by atoms with Gasteiger partial charge in [-0.15, -0.1) is 0 Å². The number of hydrogen-bond donors (Lipinski definition) is 0. The summed E-state index contributed by atoms with van der Waals surface area (Å²) in [6.45, 7) is 4.01. The zero-order valence-corrected chi connectivity index (χ0v) is 15.7. The minimum atomic E-state index is -1.55. The largest absolute Gasteiger partial charge is 0.545 e. The Bertz CT molecular complexity index is 685. The second-order valence-corrected chi connectivity index (χ2v) is 7.31. The Morgan fingerprint density at radius 3 is 1.89 bits per heavy atom. The van der Waals surface area contributed by atoms with E-state index in [1.807, 2.05) is 17.0 Å². The minimum Gasteiger partial charge on any atom is -0.545 e. The molecule has 1 aromatic carbocycles. The van der Waals surface area contributed by atoms with Gasteiger partial charge in [0.25, 0.3) is 5.91 Å². The van der Waals surface area contributed by atoms with Gasteiger partial charge in [-0.2, -0.15) is 0 Å². The number of rotatable bonds is 3. The van der Waals surface area contributed by atoms with Crippen LogP contribution in [-0.2, 0) is 9.59 Å². The van der Waals surface area contributed by atoms with Crippen LogP contribution in [0.2, 0.25) is 5.02 Å². The number of carboxylic acid groups (broad SMARTS) is 2. The molecule has 8 heteroatoms. The summed E-state index contributed by atoms with van der Waals surface area (Å²) in [5.41, 5.74) is 0.748. The normalized spacial score (nSPS) is 22.1. The molecule has 27 heavy (non-hydrogen) atoms. The van der Waals surface area contributed by atoms with Crippen molar-refractivity contribution in [2.24, 2.45) is 11.8 Å². The van der Waals surface area contributed by atoms with Gasteiger partial charge < -0.3 is 29.6 Å². The molecule has 2 fully saturated rings. The van der Waals surface area contributed by atoms with Crippen molar-refractivity contribution >= 4 is 29.4 Å². The summed E-state index contributed by atoms with van der Waals surface area (Å²) >= 11 is 5.87. The number of amides is 1. The maximum atomic E-state index is 12.5. The van der Waals surface area contributed by atoms with Crippen molar-refractivity contribution in [3.05, 3.63) is 47.0 Å². The lowest BCUT2D eigenvalue weighted by Gasteiger charge is -2.44. The minimum absolute atomic E-state index is 0.149. The number of fused-ring (bicyclic) bond motifs is 2. The number of halogens is 1. The SMILES string of the molecule is CN1CC2CC(C1)CN(C(=O)c1ccc(Cl)cc1)C2.O=C([O-])/C=C/C(=O)[O-]. The average molecular weight is 393 g/mol. The van der Waals surface area contributed by atoms with E-state index in [9.17, 15) is 24.6 Å². The molecule has 0 N–H and O–H groups in total. The molecule has 7 nitrogen and oxygen atoms in total. The standard InChI is InChI=1S/C15H19ClN2O.C4H4O4/c1-17-7-11-6-12(8-17)10-18(9-11)15(19)13-2-4-14(16)5-3-13;5-3(6)1-2-4(7)8/h2-5,11-12H,6-10H2,1H3;1-2H,(H,5,6)(H,7,8)/p-2/b;2-1+. The molecule has 1 aromatic rings. The van der Waals surface area contributed by atoms with E-state index in [2.05, 4.69) is 11.9 Å². The van der Waals surface area contributed by atoms with Crippen molar-refractivity contribution < 1.29 is 24.6 Å². The van der Waals surface area contributed by atoms with Crippen LogP contribution in [0.3, 0.4) is 0 Å². The van der Waals surface area contributed by atoms with Gasteiger partial charge in [0.1, 0.15) is 0 Å². The van der Waals surface area contributed by atoms with Gasteiger partial charge >= 0.3 is 0 Å². The van der Waals surface area contributed by atoms with Crippen molar-refractivity contribution in [1.29, 1.82) is 0 Å². The number of piperidine rings is 2. The first-order chi connectivity index (χ1) is 12.7. The molecule has 2 unspecified atom stereocenters. The lowest BCUT2D eigenvalue weighted by Crippen LogP contribution is -2.53. The van der Waals surface area contributed by atoms with Crippen molar-refractivity contribution in [3.63, 3.8) is 0 Å². The Balaban J connectivity index is 0.000000279. The first kappa shape index (κ1) is 20.9. The molecule has 0 saturated carbocycles. The van der Waals surface area contributed by atoms with Crippen molar-refractivity contribution in [3.8, 4) is 0 Å². The molecule has 0 spiro atoms. The summed E-state index contributed by atoms with van der Waals surface area (Å²) in [6, 6.07) is 7.21. The molecule has 2 aliphatic heterocycles. The highest BCUT2D eigenvalue weighted by molar-refractivity contribution is 6.30. The Kier molecular flexibility index (Phi) is 7.38. The molecule has 0 radical (unpaired) electrons. The Labute approximate surface area is 162 Å². The fourth-order valence-electron chi connectivity index (χ4n) is 3.62. The number of carboxylic acids is 2. The van der Waals surface area contributed by atoms with Gasteiger partial charge in [-0.3, -0.25) is 4.79 Å². The van der Waals surface area contributed by atoms with Gasteiger partial charge in [0, 0.05) is 36.8 Å². The van der Waals surface area contributed by atoms with E-state index in [1.165, 1.54) is 6.42 Å². The molecule has 3 rings (SSSR count). The highest BCUT2D eigenvalue weighted by atomic mass is 35.5. The third-order valence-electron chi connectivity index (χ3n) is 4.50. The topological polar surface area (TPSA) is 104 Å². The van der Waals surface area contributed by atoms with E-state index in [0.29, 0.717) is 29.0 Å². The summed E-state index contributed by atoms with van der Waals surface area (Å²) in [6.07, 6.45) is 2.04. The number of likely N-dealkylation sites (tertiary alicyclic amines) is 2. The van der Waals surface area contributed by atoms with Crippen molar-refractivity contribution in [2.75, 3.05) is 33.2 Å². The molecule has 2 aliphatic rings. The van der Waals surface area contributed by atoms with Crippen LogP contribution in [0, 0.1) is 11.8 Å². The third-order valence-corrected chi connectivity index (χ3v) is 4.75. The van der Waals surface area contributed by atoms with Crippen LogP contribution < -0.4 is 10.2 Å². The quantitative estimate of drug-likeness (QED) is 0.637. The van der Waals surface area contributed by atoms with Crippen LogP contribution in [0.5, 0.6) is 0 Å². The summed E-state index contributed by atoms with van der Waals surface area (Å²) < 4.78 is 0. The van der Waals surface area contributed by atoms with Gasteiger partial charge in [-0.25, -0.2) is 0 Å². The molecule has 2 bridgehead atoms. The summed E-state index contributed by atoms with van der Waals surface area (Å²) in [5, 5.41) is 19.5. The molecule has 1 amide bonds. The van der Waals surface area contributed by atoms with Gasteiger partial charge in [0.05, 0.1) is 11.9 Å². The van der Waals surface area contributed by atoms with E-state index in [0.717, 1.165) is 31.7 Å². The Morgan fingerprint density at radius 2 is 1.44 bits per heavy atom. The summed E-state index contributed by atoms with van der Waals surface area (Å²) in [4.78, 5) is 35.7. The average Bonchev–Trinajstić information content (AvgIpc) is 2.59. The van der Waals surface area contributed by atoms with Gasteiger partial charge in [0.15, 0.2) is 0 Å². The van der Waals surface area contributed by atoms with Crippen LogP contribution in [0.4, 0.5) is 0 Å². The maximum Gasteiger partial charge on any atom is 0.253 e. The number of carbonyl (C=O) groups is 3. The van der Waals surface area contributed by atoms with Crippen molar-refractivity contribution in [2.45, 2.75) is 6.42 Å². The van der Waals surface area contributed by atoms with Crippen molar-refractivity contribution in [1.82, 2.24) is 9.80 Å².